The van der Waals surface area contributed by atoms with E-state index < -0.39 is 24.5 Å². The Balaban J connectivity index is 0.000000174. The molecule has 1 fully saturated rings. The van der Waals surface area contributed by atoms with Crippen molar-refractivity contribution < 1.29 is 24.5 Å². The van der Waals surface area contributed by atoms with Crippen LogP contribution in [-0.4, -0.2) is 86.2 Å². The highest BCUT2D eigenvalue weighted by molar-refractivity contribution is 5.82. The largest absolute Gasteiger partial charge is 0.467 e. The number of imidazole rings is 2. The molecule has 4 atom stereocenters. The number of anilines is 2. The number of nitrogens with zero attached hydrogens (tertiary/aromatic N) is 7. The summed E-state index contributed by atoms with van der Waals surface area (Å²) in [7, 11) is 0. The molecule has 6 N–H and O–H groups in total. The minimum absolute atomic E-state index is 0.383. The molecule has 210 valence electrons. The lowest BCUT2D eigenvalue weighted by Crippen LogP contribution is -2.33. The van der Waals surface area contributed by atoms with Gasteiger partial charge in [0.1, 0.15) is 48.2 Å². The number of allylic oxidation sites excluding steroid dienone is 1. The average Bonchev–Trinajstić information content (AvgIpc) is 3.76. The third-order valence-electron chi connectivity index (χ3n) is 6.16. The first kappa shape index (κ1) is 27.1. The predicted molar refractivity (Wildman–Crippen MR) is 143 cm³/mol. The third-order valence-corrected chi connectivity index (χ3v) is 6.16. The summed E-state index contributed by atoms with van der Waals surface area (Å²) in [6, 6.07) is 3.76. The second-order valence-corrected chi connectivity index (χ2v) is 9.19. The first-order chi connectivity index (χ1) is 19.5. The van der Waals surface area contributed by atoms with Crippen LogP contribution in [0.25, 0.3) is 22.7 Å². The highest BCUT2D eigenvalue weighted by atomic mass is 16.6. The summed E-state index contributed by atoms with van der Waals surface area (Å²) in [6.45, 7) is 4.83. The fourth-order valence-corrected chi connectivity index (χ4v) is 4.11. The molecule has 3 aliphatic heterocycles. The van der Waals surface area contributed by atoms with Crippen LogP contribution in [0.15, 0.2) is 59.8 Å². The molecule has 0 spiro atoms. The van der Waals surface area contributed by atoms with Gasteiger partial charge >= 0.3 is 0 Å². The molecule has 1 saturated heterocycles. The van der Waals surface area contributed by atoms with Crippen LogP contribution in [0, 0.1) is 0 Å². The van der Waals surface area contributed by atoms with Gasteiger partial charge in [0.2, 0.25) is 0 Å². The Kier molecular flexibility index (Phi) is 8.26. The lowest BCUT2D eigenvalue weighted by atomic mass is 10.1. The number of aliphatic hydroxyl groups is 3. The van der Waals surface area contributed by atoms with Crippen molar-refractivity contribution in [2.24, 2.45) is 0 Å². The van der Waals surface area contributed by atoms with Gasteiger partial charge in [-0.15, -0.1) is 0 Å². The van der Waals surface area contributed by atoms with E-state index in [0.29, 0.717) is 35.9 Å². The number of ether oxygens (including phenoxy) is 1. The van der Waals surface area contributed by atoms with Crippen LogP contribution in [-0.2, 0) is 11.3 Å². The van der Waals surface area contributed by atoms with Gasteiger partial charge in [0.15, 0.2) is 29.0 Å². The monoisotopic (exact) mass is 550 g/mol. The van der Waals surface area contributed by atoms with Crippen molar-refractivity contribution in [3.05, 3.63) is 61.1 Å². The second-order valence-electron chi connectivity index (χ2n) is 9.19. The molecule has 6 rings (SSSR count). The molecule has 6 heterocycles. The smallest absolute Gasteiger partial charge is 0.184 e. The zero-order chi connectivity index (χ0) is 28.1. The number of aromatic amines is 1. The van der Waals surface area contributed by atoms with Gasteiger partial charge in [-0.05, 0) is 26.0 Å². The molecule has 0 aliphatic carbocycles. The molecule has 0 unspecified atom stereocenters. The summed E-state index contributed by atoms with van der Waals surface area (Å²) in [6.07, 6.45) is 5.54. The molecule has 3 aliphatic rings. The Hall–Kier alpha value is -4.44. The van der Waals surface area contributed by atoms with E-state index >= 15 is 0 Å². The van der Waals surface area contributed by atoms with Gasteiger partial charge in [0, 0.05) is 6.54 Å². The van der Waals surface area contributed by atoms with E-state index in [1.54, 1.807) is 12.6 Å². The quantitative estimate of drug-likeness (QED) is 0.151. The van der Waals surface area contributed by atoms with Crippen molar-refractivity contribution >= 4 is 22.8 Å². The van der Waals surface area contributed by atoms with Gasteiger partial charge in [0.05, 0.1) is 32.1 Å². The van der Waals surface area contributed by atoms with E-state index in [1.807, 2.05) is 32.1 Å². The van der Waals surface area contributed by atoms with Gasteiger partial charge in [-0.1, -0.05) is 11.6 Å². The molecular formula is C25H30N10O5. The van der Waals surface area contributed by atoms with Crippen molar-refractivity contribution in [1.82, 2.24) is 39.5 Å². The van der Waals surface area contributed by atoms with E-state index in [9.17, 15) is 15.3 Å². The number of rotatable bonds is 8. The fourth-order valence-electron chi connectivity index (χ4n) is 4.11. The van der Waals surface area contributed by atoms with E-state index in [0.717, 1.165) is 17.3 Å². The summed E-state index contributed by atoms with van der Waals surface area (Å²) >= 11 is 0. The number of aromatic nitrogens is 8. The molecule has 40 heavy (non-hydrogen) atoms. The number of furan rings is 1. The van der Waals surface area contributed by atoms with Crippen molar-refractivity contribution in [2.45, 2.75) is 44.9 Å². The van der Waals surface area contributed by atoms with E-state index in [2.05, 4.69) is 45.5 Å². The fraction of sp³-hybridized carbons (Fsp3) is 0.360. The van der Waals surface area contributed by atoms with Crippen LogP contribution in [0.4, 0.5) is 11.6 Å². The van der Waals surface area contributed by atoms with Crippen LogP contribution < -0.4 is 10.6 Å². The summed E-state index contributed by atoms with van der Waals surface area (Å²) in [4.78, 5) is 27.9. The summed E-state index contributed by atoms with van der Waals surface area (Å²) in [5.74, 6) is 2.85. The lowest BCUT2D eigenvalue weighted by Gasteiger charge is -2.16. The second kappa shape index (κ2) is 12.2. The molecule has 0 amide bonds. The van der Waals surface area contributed by atoms with Crippen molar-refractivity contribution in [3.63, 3.8) is 0 Å². The average molecular weight is 551 g/mol. The highest BCUT2D eigenvalue weighted by Gasteiger charge is 2.44. The summed E-state index contributed by atoms with van der Waals surface area (Å²) < 4.78 is 12.3. The lowest BCUT2D eigenvalue weighted by molar-refractivity contribution is -0.0511. The zero-order valence-corrected chi connectivity index (χ0v) is 21.8. The maximum atomic E-state index is 10.2. The first-order valence-electron chi connectivity index (χ1n) is 12.5. The highest BCUT2D eigenvalue weighted by Crippen LogP contribution is 2.32. The van der Waals surface area contributed by atoms with Gasteiger partial charge in [0.25, 0.3) is 0 Å². The zero-order valence-electron chi connectivity index (χ0n) is 21.8. The Bertz CT molecular complexity index is 1510. The Morgan fingerprint density at radius 2 is 1.93 bits per heavy atom. The topological polar surface area (TPSA) is 205 Å². The number of H-pyrrole nitrogens is 1. The summed E-state index contributed by atoms with van der Waals surface area (Å²) in [5.41, 5.74) is 2.93. The minimum atomic E-state index is -1.18. The van der Waals surface area contributed by atoms with Crippen molar-refractivity contribution in [1.29, 1.82) is 0 Å². The van der Waals surface area contributed by atoms with Crippen LogP contribution in [0.3, 0.4) is 0 Å². The van der Waals surface area contributed by atoms with Gasteiger partial charge in [-0.25, -0.2) is 29.9 Å². The Labute approximate surface area is 228 Å². The first-order valence-corrected chi connectivity index (χ1v) is 12.5. The van der Waals surface area contributed by atoms with E-state index in [-0.39, 0.29) is 6.61 Å². The van der Waals surface area contributed by atoms with Gasteiger partial charge in [-0.3, -0.25) is 4.57 Å². The van der Waals surface area contributed by atoms with Crippen LogP contribution in [0.1, 0.15) is 25.8 Å². The number of hydrogen-bond acceptors (Lipinski definition) is 13. The Morgan fingerprint density at radius 1 is 1.07 bits per heavy atom. The van der Waals surface area contributed by atoms with Crippen LogP contribution >= 0.6 is 0 Å². The predicted octanol–water partition coefficient (Wildman–Crippen LogP) is 1.33. The minimum Gasteiger partial charge on any atom is -0.467 e. The standard InChI is InChI=1S/C15H21N5O4.C10H9N5O/c1-8(2)3-4-16-13-10-14(18-6-17-13)20(7-19-10)15-12(23)11(22)9(5-21)24-15;1-2-7(16-3-1)4-11-9-8-10(13-5-12-8)15-6-14-9/h3,6-7,9,11-12,15,21-23H,4-5H2,1-2H3,(H,16,17,18);1-3,5-6H,4H2,(H2,11,12,13,14,15)/t9-,11-,12-,15-;/m1./s1. The number of hydrogen-bond donors (Lipinski definition) is 6. The van der Waals surface area contributed by atoms with Crippen molar-refractivity contribution in [3.8, 4) is 11.5 Å². The molecule has 0 saturated carbocycles. The number of aliphatic hydroxyl groups excluding tert-OH is 3. The van der Waals surface area contributed by atoms with Crippen LogP contribution in [0.2, 0.25) is 0 Å². The molecule has 0 bridgehead atoms. The Morgan fingerprint density at radius 3 is 2.67 bits per heavy atom. The molecule has 15 heteroatoms. The SMILES string of the molecule is CC(C)=CCNc1ncnc2c1ncn2[C@@H]1O[C@H](CO)[C@@H](O)[C@H]1O.c1coc(CNc2[nH]cnc3ncnc2-3)c1. The number of fused-ring (bicyclic) bond motifs is 2. The molecular weight excluding hydrogens is 520 g/mol. The molecule has 3 aromatic heterocycles. The van der Waals surface area contributed by atoms with Gasteiger partial charge < -0.3 is 40.1 Å². The summed E-state index contributed by atoms with van der Waals surface area (Å²) in [5, 5.41) is 35.6. The molecule has 0 radical (unpaired) electrons. The third kappa shape index (κ3) is 5.76. The molecule has 3 aromatic rings. The van der Waals surface area contributed by atoms with E-state index in [4.69, 9.17) is 9.15 Å². The van der Waals surface area contributed by atoms with Crippen LogP contribution in [0.5, 0.6) is 0 Å². The molecule has 0 aromatic carbocycles. The number of nitrogens with one attached hydrogen (secondary N) is 3. The van der Waals surface area contributed by atoms with Gasteiger partial charge in [-0.2, -0.15) is 0 Å². The normalized spacial score (nSPS) is 20.3. The molecule has 15 nitrogen and oxygen atoms in total. The maximum Gasteiger partial charge on any atom is 0.184 e. The maximum absolute atomic E-state index is 10.2. The van der Waals surface area contributed by atoms with E-state index in [1.165, 1.54) is 29.1 Å². The van der Waals surface area contributed by atoms with Crippen molar-refractivity contribution in [2.75, 3.05) is 23.8 Å².